The lowest BCUT2D eigenvalue weighted by Gasteiger charge is -2.28. The fraction of sp³-hybridized carbons (Fsp3) is 0.733. The van der Waals surface area contributed by atoms with E-state index in [1.165, 1.54) is 31.4 Å². The van der Waals surface area contributed by atoms with Gasteiger partial charge in [0.05, 0.1) is 0 Å². The van der Waals surface area contributed by atoms with E-state index in [1.54, 1.807) is 0 Å². The molecule has 2 rings (SSSR count). The summed E-state index contributed by atoms with van der Waals surface area (Å²) in [4.78, 5) is 2.41. The molecule has 0 saturated carbocycles. The molecule has 0 aromatic heterocycles. The normalized spacial score (nSPS) is 28.9. The van der Waals surface area contributed by atoms with Crippen LogP contribution in [0.4, 0.5) is 0 Å². The van der Waals surface area contributed by atoms with Crippen LogP contribution in [0.3, 0.4) is 0 Å². The van der Waals surface area contributed by atoms with E-state index >= 15 is 0 Å². The zero-order chi connectivity index (χ0) is 13.6. The van der Waals surface area contributed by atoms with Crippen LogP contribution in [0.15, 0.2) is 24.1 Å². The number of hydrogen-bond acceptors (Lipinski definition) is 3. The molecule has 0 aromatic carbocycles. The van der Waals surface area contributed by atoms with Crippen molar-refractivity contribution in [3.05, 3.63) is 24.1 Å². The molecule has 0 aliphatic carbocycles. The molecule has 2 aliphatic heterocycles. The molecular weight excluding hydrogens is 254 g/mol. The van der Waals surface area contributed by atoms with Crippen molar-refractivity contribution in [3.8, 4) is 0 Å². The van der Waals surface area contributed by atoms with E-state index in [4.69, 9.17) is 9.16 Å². The molecule has 2 heterocycles. The topological polar surface area (TPSA) is 21.7 Å². The Labute approximate surface area is 118 Å². The third kappa shape index (κ3) is 4.39. The van der Waals surface area contributed by atoms with E-state index in [1.807, 2.05) is 0 Å². The van der Waals surface area contributed by atoms with Gasteiger partial charge in [0, 0.05) is 19.7 Å². The molecule has 1 atom stereocenters. The van der Waals surface area contributed by atoms with Gasteiger partial charge in [-0.25, -0.2) is 0 Å². The molecule has 0 N–H and O–H groups in total. The highest BCUT2D eigenvalue weighted by Gasteiger charge is 2.29. The summed E-state index contributed by atoms with van der Waals surface area (Å²) < 4.78 is 11.8. The highest BCUT2D eigenvalue weighted by atomic mass is 28.4. The number of nitrogens with zero attached hydrogens (tertiary/aromatic N) is 1. The molecule has 2 aliphatic rings. The smallest absolute Gasteiger partial charge is 0.189 e. The fourth-order valence-electron chi connectivity index (χ4n) is 2.98. The molecule has 0 spiro atoms. The van der Waals surface area contributed by atoms with Gasteiger partial charge < -0.3 is 14.1 Å². The first kappa shape index (κ1) is 14.7. The maximum absolute atomic E-state index is 6.11. The first-order valence-electron chi connectivity index (χ1n) is 7.62. The van der Waals surface area contributed by atoms with Crippen LogP contribution in [0, 0.1) is 0 Å². The summed E-state index contributed by atoms with van der Waals surface area (Å²) in [5.74, 6) is 1.06. The molecule has 1 fully saturated rings. The predicted octanol–water partition coefficient (Wildman–Crippen LogP) is 3.51. The van der Waals surface area contributed by atoms with Crippen molar-refractivity contribution in [2.24, 2.45) is 0 Å². The molecule has 3 nitrogen and oxygen atoms in total. The van der Waals surface area contributed by atoms with Crippen LogP contribution in [0.2, 0.25) is 18.6 Å². The Kier molecular flexibility index (Phi) is 5.52. The van der Waals surface area contributed by atoms with E-state index in [-0.39, 0.29) is 0 Å². The number of ether oxygens (including phenoxy) is 1. The Bertz CT molecular complexity index is 343. The maximum atomic E-state index is 6.11. The Morgan fingerprint density at radius 2 is 2.05 bits per heavy atom. The van der Waals surface area contributed by atoms with Crippen molar-refractivity contribution in [2.45, 2.75) is 44.8 Å². The van der Waals surface area contributed by atoms with Crippen molar-refractivity contribution < 1.29 is 9.16 Å². The van der Waals surface area contributed by atoms with Crippen molar-refractivity contribution >= 4 is 8.32 Å². The summed E-state index contributed by atoms with van der Waals surface area (Å²) in [5, 5.41) is 0. The third-order valence-corrected chi connectivity index (χ3v) is 7.83. The molecular formula is C15H27NO2Si. The van der Waals surface area contributed by atoms with Crippen molar-refractivity contribution in [2.75, 3.05) is 26.3 Å². The van der Waals surface area contributed by atoms with Gasteiger partial charge in [-0.1, -0.05) is 12.5 Å². The SMILES string of the molecule is CCO[Si]1(C)CCCCN(C2=CC=CCO2)CCC1. The van der Waals surface area contributed by atoms with Crippen molar-refractivity contribution in [1.82, 2.24) is 4.90 Å². The molecule has 0 bridgehead atoms. The highest BCUT2D eigenvalue weighted by Crippen LogP contribution is 2.25. The van der Waals surface area contributed by atoms with E-state index < -0.39 is 8.32 Å². The lowest BCUT2D eigenvalue weighted by molar-refractivity contribution is 0.126. The van der Waals surface area contributed by atoms with Crippen LogP contribution in [-0.2, 0) is 9.16 Å². The summed E-state index contributed by atoms with van der Waals surface area (Å²) in [5.41, 5.74) is 0. The Morgan fingerprint density at radius 3 is 2.79 bits per heavy atom. The minimum atomic E-state index is -1.43. The van der Waals surface area contributed by atoms with Gasteiger partial charge in [0.2, 0.25) is 0 Å². The summed E-state index contributed by atoms with van der Waals surface area (Å²) in [7, 11) is -1.43. The fourth-order valence-corrected chi connectivity index (χ4v) is 6.12. The predicted molar refractivity (Wildman–Crippen MR) is 81.5 cm³/mol. The molecule has 0 amide bonds. The third-order valence-electron chi connectivity index (χ3n) is 4.02. The van der Waals surface area contributed by atoms with Crippen LogP contribution in [0.5, 0.6) is 0 Å². The molecule has 4 heteroatoms. The molecule has 0 radical (unpaired) electrons. The summed E-state index contributed by atoms with van der Waals surface area (Å²) in [6, 6.07) is 2.59. The van der Waals surface area contributed by atoms with Crippen molar-refractivity contribution in [3.63, 3.8) is 0 Å². The molecule has 108 valence electrons. The Morgan fingerprint density at radius 1 is 1.26 bits per heavy atom. The van der Waals surface area contributed by atoms with Crippen LogP contribution < -0.4 is 0 Å². The van der Waals surface area contributed by atoms with Gasteiger partial charge in [0.1, 0.15) is 6.61 Å². The van der Waals surface area contributed by atoms with Gasteiger partial charge >= 0.3 is 0 Å². The van der Waals surface area contributed by atoms with Gasteiger partial charge in [-0.15, -0.1) is 0 Å². The van der Waals surface area contributed by atoms with Gasteiger partial charge in [0.25, 0.3) is 0 Å². The number of rotatable bonds is 3. The van der Waals surface area contributed by atoms with Crippen LogP contribution >= 0.6 is 0 Å². The first-order chi connectivity index (χ1) is 9.23. The van der Waals surface area contributed by atoms with Gasteiger partial charge in [0.15, 0.2) is 14.2 Å². The van der Waals surface area contributed by atoms with E-state index in [0.29, 0.717) is 6.61 Å². The zero-order valence-electron chi connectivity index (χ0n) is 12.4. The number of allylic oxidation sites excluding steroid dienone is 2. The first-order valence-corrected chi connectivity index (χ1v) is 10.4. The van der Waals surface area contributed by atoms with E-state index in [9.17, 15) is 0 Å². The van der Waals surface area contributed by atoms with Crippen LogP contribution in [-0.4, -0.2) is 39.5 Å². The monoisotopic (exact) mass is 281 g/mol. The van der Waals surface area contributed by atoms with Gasteiger partial charge in [-0.2, -0.15) is 0 Å². The molecule has 0 aromatic rings. The Hall–Kier alpha value is -0.743. The Balaban J connectivity index is 1.93. The van der Waals surface area contributed by atoms with Crippen LogP contribution in [0.1, 0.15) is 26.2 Å². The minimum absolute atomic E-state index is 0.716. The second-order valence-corrected chi connectivity index (χ2v) is 9.86. The standard InChI is InChI=1S/C15H27NO2Si/c1-3-18-19(2)13-7-5-10-16(11-8-14-19)15-9-4-6-12-17-15/h4,6,9H,3,5,7-8,10-14H2,1-2H3. The van der Waals surface area contributed by atoms with Crippen molar-refractivity contribution in [1.29, 1.82) is 0 Å². The highest BCUT2D eigenvalue weighted by molar-refractivity contribution is 6.72. The maximum Gasteiger partial charge on any atom is 0.189 e. The van der Waals surface area contributed by atoms with Gasteiger partial charge in [-0.05, 0) is 50.6 Å². The van der Waals surface area contributed by atoms with Crippen LogP contribution in [0.25, 0.3) is 0 Å². The van der Waals surface area contributed by atoms with E-state index in [2.05, 4.69) is 36.6 Å². The molecule has 1 saturated heterocycles. The molecule has 1 unspecified atom stereocenters. The zero-order valence-corrected chi connectivity index (χ0v) is 13.4. The summed E-state index contributed by atoms with van der Waals surface area (Å²) in [6.45, 7) is 8.36. The summed E-state index contributed by atoms with van der Waals surface area (Å²) in [6.07, 6.45) is 10.0. The lowest BCUT2D eigenvalue weighted by atomic mass is 10.3. The summed E-state index contributed by atoms with van der Waals surface area (Å²) >= 11 is 0. The van der Waals surface area contributed by atoms with E-state index in [0.717, 1.165) is 25.6 Å². The second kappa shape index (κ2) is 7.15. The largest absolute Gasteiger partial charge is 0.475 e. The lowest BCUT2D eigenvalue weighted by Crippen LogP contribution is -2.34. The quantitative estimate of drug-likeness (QED) is 0.739. The number of hydrogen-bond donors (Lipinski definition) is 0. The average molecular weight is 281 g/mol. The average Bonchev–Trinajstić information content (AvgIpc) is 2.51. The minimum Gasteiger partial charge on any atom is -0.475 e. The van der Waals surface area contributed by atoms with Gasteiger partial charge in [-0.3, -0.25) is 0 Å². The second-order valence-electron chi connectivity index (χ2n) is 5.67. The molecule has 19 heavy (non-hydrogen) atoms.